The van der Waals surface area contributed by atoms with Crippen molar-refractivity contribution in [3.63, 3.8) is 0 Å². The van der Waals surface area contributed by atoms with Gasteiger partial charge in [0.1, 0.15) is 0 Å². The molecule has 0 bridgehead atoms. The van der Waals surface area contributed by atoms with Crippen LogP contribution in [0.1, 0.15) is 27.0 Å². The Morgan fingerprint density at radius 3 is 2.52 bits per heavy atom. The number of nitrogens with two attached hydrogens (primary N) is 1. The maximum absolute atomic E-state index is 12.1. The largest absolute Gasteiger partial charge is 0.366 e. The summed E-state index contributed by atoms with van der Waals surface area (Å²) in [6.45, 7) is 0.910. The van der Waals surface area contributed by atoms with Crippen molar-refractivity contribution < 1.29 is 9.59 Å². The highest BCUT2D eigenvalue weighted by Crippen LogP contribution is 2.07. The molecule has 128 valence electrons. The molecule has 0 saturated heterocycles. The van der Waals surface area contributed by atoms with Gasteiger partial charge in [0.2, 0.25) is 5.91 Å². The van der Waals surface area contributed by atoms with Gasteiger partial charge in [-0.15, -0.1) is 0 Å². The molecule has 0 heterocycles. The number of primary amides is 1. The molecule has 0 aliphatic heterocycles. The monoisotopic (exact) mass is 336 g/mol. The van der Waals surface area contributed by atoms with E-state index in [1.54, 1.807) is 42.3 Å². The predicted molar refractivity (Wildman–Crippen MR) is 94.7 cm³/mol. The number of hydrogen-bond donors (Lipinski definition) is 2. The zero-order valence-electron chi connectivity index (χ0n) is 14.0. The van der Waals surface area contributed by atoms with E-state index in [0.29, 0.717) is 30.6 Å². The summed E-state index contributed by atoms with van der Waals surface area (Å²) in [6, 6.07) is 16.1. The van der Waals surface area contributed by atoms with E-state index < -0.39 is 5.91 Å². The van der Waals surface area contributed by atoms with E-state index in [0.717, 1.165) is 11.1 Å². The highest BCUT2D eigenvalue weighted by molar-refractivity contribution is 5.92. The summed E-state index contributed by atoms with van der Waals surface area (Å²) in [4.78, 5) is 24.9. The summed E-state index contributed by atoms with van der Waals surface area (Å²) in [7, 11) is 1.71. The third-order valence-corrected chi connectivity index (χ3v) is 3.75. The second kappa shape index (κ2) is 8.50. The molecule has 25 heavy (non-hydrogen) atoms. The van der Waals surface area contributed by atoms with Crippen LogP contribution in [0.4, 0.5) is 4.79 Å². The Morgan fingerprint density at radius 1 is 1.16 bits per heavy atom. The lowest BCUT2D eigenvalue weighted by atomic mass is 10.1. The smallest absolute Gasteiger partial charge is 0.317 e. The van der Waals surface area contributed by atoms with Crippen molar-refractivity contribution >= 4 is 11.9 Å². The van der Waals surface area contributed by atoms with Crippen molar-refractivity contribution in [3.05, 3.63) is 70.8 Å². The molecule has 0 spiro atoms. The minimum atomic E-state index is -0.465. The number of carbonyl (C=O) groups excluding carboxylic acids is 2. The van der Waals surface area contributed by atoms with Crippen LogP contribution >= 0.6 is 0 Å². The lowest BCUT2D eigenvalue weighted by Crippen LogP contribution is -2.37. The first-order valence-corrected chi connectivity index (χ1v) is 7.86. The number of nitriles is 1. The van der Waals surface area contributed by atoms with Crippen molar-refractivity contribution in [3.8, 4) is 6.07 Å². The molecule has 0 aliphatic carbocycles. The van der Waals surface area contributed by atoms with Crippen LogP contribution in [0, 0.1) is 11.3 Å². The first kappa shape index (κ1) is 18.0. The van der Waals surface area contributed by atoms with E-state index in [2.05, 4.69) is 11.4 Å². The lowest BCUT2D eigenvalue weighted by Gasteiger charge is -2.18. The van der Waals surface area contributed by atoms with Gasteiger partial charge in [0.05, 0.1) is 11.6 Å². The first-order chi connectivity index (χ1) is 12.0. The van der Waals surface area contributed by atoms with E-state index >= 15 is 0 Å². The number of carbonyl (C=O) groups is 2. The van der Waals surface area contributed by atoms with Gasteiger partial charge in [0.25, 0.3) is 0 Å². The summed E-state index contributed by atoms with van der Waals surface area (Å²) >= 11 is 0. The molecule has 6 nitrogen and oxygen atoms in total. The van der Waals surface area contributed by atoms with E-state index in [1.165, 1.54) is 0 Å². The number of nitrogens with zero attached hydrogens (tertiary/aromatic N) is 2. The number of nitrogens with one attached hydrogen (secondary N) is 1. The molecule has 6 heteroatoms. The molecule has 2 aromatic carbocycles. The van der Waals surface area contributed by atoms with Gasteiger partial charge in [-0.1, -0.05) is 24.3 Å². The second-order valence-electron chi connectivity index (χ2n) is 5.71. The molecule has 2 aromatic rings. The zero-order valence-corrected chi connectivity index (χ0v) is 14.0. The molecule has 2 rings (SSSR count). The Labute approximate surface area is 146 Å². The minimum Gasteiger partial charge on any atom is -0.366 e. The van der Waals surface area contributed by atoms with Crippen LogP contribution in [0.15, 0.2) is 48.5 Å². The molecule has 0 fully saturated rings. The van der Waals surface area contributed by atoms with E-state index in [4.69, 9.17) is 11.0 Å². The average Bonchev–Trinajstić information content (AvgIpc) is 2.62. The molecule has 0 unspecified atom stereocenters. The quantitative estimate of drug-likeness (QED) is 0.844. The van der Waals surface area contributed by atoms with Crippen molar-refractivity contribution in [2.45, 2.75) is 13.0 Å². The summed E-state index contributed by atoms with van der Waals surface area (Å²) < 4.78 is 0. The van der Waals surface area contributed by atoms with E-state index in [9.17, 15) is 9.59 Å². The topological polar surface area (TPSA) is 99.2 Å². The van der Waals surface area contributed by atoms with Crippen LogP contribution in [0.3, 0.4) is 0 Å². The lowest BCUT2D eigenvalue weighted by molar-refractivity contribution is 0.1000. The highest BCUT2D eigenvalue weighted by Gasteiger charge is 2.09. The summed E-state index contributed by atoms with van der Waals surface area (Å²) in [6.07, 6.45) is 0.609. The van der Waals surface area contributed by atoms with Crippen molar-refractivity contribution in [1.29, 1.82) is 5.26 Å². The highest BCUT2D eigenvalue weighted by atomic mass is 16.2. The molecule has 0 aliphatic rings. The van der Waals surface area contributed by atoms with Gasteiger partial charge in [-0.25, -0.2) is 4.79 Å². The van der Waals surface area contributed by atoms with E-state index in [-0.39, 0.29) is 6.03 Å². The maximum Gasteiger partial charge on any atom is 0.317 e. The molecule has 3 amide bonds. The number of hydrogen-bond acceptors (Lipinski definition) is 3. The number of amides is 3. The maximum atomic E-state index is 12.1. The molecule has 0 saturated carbocycles. The van der Waals surface area contributed by atoms with Crippen molar-refractivity contribution in [2.24, 2.45) is 5.73 Å². The van der Waals surface area contributed by atoms with Crippen LogP contribution in [0.2, 0.25) is 0 Å². The Bertz CT molecular complexity index is 794. The summed E-state index contributed by atoms with van der Waals surface area (Å²) in [5, 5.41) is 11.6. The standard InChI is InChI=1S/C19H20N4O2/c1-23(13-16-7-5-15(12-20)6-8-16)19(25)22-10-9-14-3-2-4-17(11-14)18(21)24/h2-8,11H,9-10,13H2,1H3,(H2,21,24)(H,22,25). The van der Waals surface area contributed by atoms with Gasteiger partial charge in [-0.2, -0.15) is 5.26 Å². The second-order valence-corrected chi connectivity index (χ2v) is 5.71. The number of urea groups is 1. The third kappa shape index (κ3) is 5.36. The third-order valence-electron chi connectivity index (χ3n) is 3.75. The summed E-state index contributed by atoms with van der Waals surface area (Å²) in [5.41, 5.74) is 8.20. The SMILES string of the molecule is CN(Cc1ccc(C#N)cc1)C(=O)NCCc1cccc(C(N)=O)c1. The van der Waals surface area contributed by atoms with Gasteiger partial charge in [-0.3, -0.25) is 4.79 Å². The minimum absolute atomic E-state index is 0.185. The number of benzene rings is 2. The van der Waals surface area contributed by atoms with Gasteiger partial charge in [0.15, 0.2) is 0 Å². The Kier molecular flexibility index (Phi) is 6.13. The van der Waals surface area contributed by atoms with Crippen LogP contribution in [-0.4, -0.2) is 30.4 Å². The van der Waals surface area contributed by atoms with Crippen LogP contribution < -0.4 is 11.1 Å². The molecular weight excluding hydrogens is 316 g/mol. The molecular formula is C19H20N4O2. The zero-order chi connectivity index (χ0) is 18.2. The Morgan fingerprint density at radius 2 is 1.88 bits per heavy atom. The fourth-order valence-corrected chi connectivity index (χ4v) is 2.36. The van der Waals surface area contributed by atoms with Crippen molar-refractivity contribution in [2.75, 3.05) is 13.6 Å². The van der Waals surface area contributed by atoms with Crippen LogP contribution in [-0.2, 0) is 13.0 Å². The fraction of sp³-hybridized carbons (Fsp3) is 0.211. The van der Waals surface area contributed by atoms with Gasteiger partial charge < -0.3 is 16.0 Å². The normalized spacial score (nSPS) is 9.92. The number of rotatable bonds is 6. The molecule has 0 radical (unpaired) electrons. The molecule has 3 N–H and O–H groups in total. The Hall–Kier alpha value is -3.33. The van der Waals surface area contributed by atoms with Gasteiger partial charge in [0, 0.05) is 25.7 Å². The van der Waals surface area contributed by atoms with Gasteiger partial charge >= 0.3 is 6.03 Å². The van der Waals surface area contributed by atoms with E-state index in [1.807, 2.05) is 18.2 Å². The van der Waals surface area contributed by atoms with Crippen LogP contribution in [0.25, 0.3) is 0 Å². The first-order valence-electron chi connectivity index (χ1n) is 7.86. The summed E-state index contributed by atoms with van der Waals surface area (Å²) in [5.74, 6) is -0.465. The Balaban J connectivity index is 1.82. The van der Waals surface area contributed by atoms with Gasteiger partial charge in [-0.05, 0) is 41.8 Å². The predicted octanol–water partition coefficient (Wildman–Crippen LogP) is 2.04. The molecule has 0 aromatic heterocycles. The molecule has 0 atom stereocenters. The average molecular weight is 336 g/mol. The van der Waals surface area contributed by atoms with Crippen molar-refractivity contribution in [1.82, 2.24) is 10.2 Å². The fourth-order valence-electron chi connectivity index (χ4n) is 2.36. The van der Waals surface area contributed by atoms with Crippen LogP contribution in [0.5, 0.6) is 0 Å².